The third-order valence-electron chi connectivity index (χ3n) is 13.2. The Morgan fingerprint density at radius 3 is 1.54 bits per heavy atom. The minimum atomic E-state index is 0.865. The van der Waals surface area contributed by atoms with Crippen molar-refractivity contribution in [3.63, 3.8) is 0 Å². The molecule has 3 heterocycles. The Labute approximate surface area is 376 Å². The van der Waals surface area contributed by atoms with Crippen molar-refractivity contribution in [2.75, 3.05) is 4.90 Å². The Kier molecular flexibility index (Phi) is 8.53. The first-order valence-corrected chi connectivity index (χ1v) is 22.2. The fourth-order valence-corrected chi connectivity index (χ4v) is 10.1. The summed E-state index contributed by atoms with van der Waals surface area (Å²) in [5.74, 6) is 0. The topological polar surface area (TPSA) is 20.8 Å². The number of hydrogen-bond donors (Lipinski definition) is 0. The Hall–Kier alpha value is -8.66. The summed E-state index contributed by atoms with van der Waals surface area (Å²) in [5, 5.41) is 8.40. The van der Waals surface area contributed by atoms with Crippen LogP contribution < -0.4 is 4.90 Å². The zero-order valence-electron chi connectivity index (χ0n) is 35.4. The van der Waals surface area contributed by atoms with E-state index in [0.29, 0.717) is 0 Å². The molecule has 3 heteroatoms. The Morgan fingerprint density at radius 1 is 0.323 bits per heavy atom. The fourth-order valence-electron chi connectivity index (χ4n) is 10.1. The monoisotopic (exact) mass is 828 g/mol. The molecule has 13 aromatic rings. The normalized spacial score (nSPS) is 11.7. The Morgan fingerprint density at radius 2 is 0.846 bits per heavy atom. The molecule has 3 nitrogen and oxygen atoms in total. The summed E-state index contributed by atoms with van der Waals surface area (Å²) in [4.78, 5) is 2.32. The highest BCUT2D eigenvalue weighted by molar-refractivity contribution is 6.19. The van der Waals surface area contributed by atoms with Crippen LogP contribution >= 0.6 is 0 Å². The van der Waals surface area contributed by atoms with Gasteiger partial charge < -0.3 is 13.7 Å². The van der Waals surface area contributed by atoms with Gasteiger partial charge in [-0.2, -0.15) is 0 Å². The lowest BCUT2D eigenvalue weighted by Crippen LogP contribution is -2.09. The van der Waals surface area contributed by atoms with Gasteiger partial charge in [-0.25, -0.2) is 0 Å². The van der Waals surface area contributed by atoms with E-state index in [0.717, 1.165) is 50.1 Å². The van der Waals surface area contributed by atoms with Crippen LogP contribution in [0.3, 0.4) is 0 Å². The molecular weight excluding hydrogens is 789 g/mol. The van der Waals surface area contributed by atoms with Crippen LogP contribution in [0.1, 0.15) is 0 Å². The molecule has 0 aliphatic rings. The maximum Gasteiger partial charge on any atom is 0.137 e. The lowest BCUT2D eigenvalue weighted by molar-refractivity contribution is 0.669. The quantitative estimate of drug-likeness (QED) is 0.160. The molecule has 3 aromatic heterocycles. The number of fused-ring (bicyclic) bond motifs is 10. The number of furan rings is 1. The summed E-state index contributed by atoms with van der Waals surface area (Å²) < 4.78 is 9.05. The number of anilines is 3. The van der Waals surface area contributed by atoms with Crippen LogP contribution in [-0.2, 0) is 0 Å². The van der Waals surface area contributed by atoms with E-state index in [2.05, 4.69) is 252 Å². The molecule has 0 atom stereocenters. The van der Waals surface area contributed by atoms with Crippen molar-refractivity contribution >= 4 is 77.0 Å². The van der Waals surface area contributed by atoms with Crippen molar-refractivity contribution in [1.29, 1.82) is 0 Å². The van der Waals surface area contributed by atoms with Gasteiger partial charge in [0.1, 0.15) is 11.2 Å². The molecule has 0 aliphatic carbocycles. The second-order valence-corrected chi connectivity index (χ2v) is 16.9. The molecule has 0 amide bonds. The van der Waals surface area contributed by atoms with E-state index >= 15 is 0 Å². The lowest BCUT2D eigenvalue weighted by Gasteiger charge is -2.26. The third kappa shape index (κ3) is 6.12. The van der Waals surface area contributed by atoms with E-state index in [1.165, 1.54) is 71.5 Å². The first kappa shape index (κ1) is 36.9. The maximum atomic E-state index is 6.58. The summed E-state index contributed by atoms with van der Waals surface area (Å²) in [6, 6.07) is 87.5. The number of aromatic nitrogens is 1. The molecule has 0 spiro atoms. The highest BCUT2D eigenvalue weighted by atomic mass is 16.3. The van der Waals surface area contributed by atoms with Gasteiger partial charge >= 0.3 is 0 Å². The summed E-state index contributed by atoms with van der Waals surface area (Å²) >= 11 is 0. The SMILES string of the molecule is c1ccc(-c2ccc(N(c3ccc(-c4ccc(-c5cc6ccccc6c6c(-c7ccccc7)c7ccccc7n56)cc4)cc3)c3ccc4c(c3)oc3ccc5ccccc5c34)cc2)cc1. The molecule has 0 fully saturated rings. The molecule has 0 N–H and O–H groups in total. The molecule has 0 saturated heterocycles. The predicted molar refractivity (Wildman–Crippen MR) is 274 cm³/mol. The lowest BCUT2D eigenvalue weighted by atomic mass is 9.98. The zero-order valence-corrected chi connectivity index (χ0v) is 35.4. The van der Waals surface area contributed by atoms with E-state index in [-0.39, 0.29) is 0 Å². The van der Waals surface area contributed by atoms with E-state index in [4.69, 9.17) is 4.42 Å². The van der Waals surface area contributed by atoms with E-state index in [1.54, 1.807) is 0 Å². The van der Waals surface area contributed by atoms with Gasteiger partial charge in [0.25, 0.3) is 0 Å². The number of para-hydroxylation sites is 1. The van der Waals surface area contributed by atoms with Crippen LogP contribution in [0, 0.1) is 0 Å². The minimum absolute atomic E-state index is 0.865. The van der Waals surface area contributed by atoms with Crippen LogP contribution in [0.5, 0.6) is 0 Å². The summed E-state index contributed by atoms with van der Waals surface area (Å²) in [6.07, 6.45) is 0. The molecule has 304 valence electrons. The Balaban J connectivity index is 0.896. The highest BCUT2D eigenvalue weighted by Gasteiger charge is 2.21. The summed E-state index contributed by atoms with van der Waals surface area (Å²) in [6.45, 7) is 0. The second kappa shape index (κ2) is 15.0. The third-order valence-corrected chi connectivity index (χ3v) is 13.2. The standard InChI is InChI=1S/C62H40N2O/c1-3-13-41(14-4-1)43-27-32-49(33-28-43)63(51-36-37-55-59(40-51)65-58-38-31-45-15-7-9-19-52(45)61(55)58)50-34-29-44(30-35-50)42-23-25-46(26-24-42)57-39-48-18-8-10-20-53(48)62-60(47-16-5-2-6-17-47)54-21-11-12-22-56(54)64(57)62/h1-40H. The van der Waals surface area contributed by atoms with Crippen molar-refractivity contribution < 1.29 is 4.42 Å². The van der Waals surface area contributed by atoms with Gasteiger partial charge in [0.15, 0.2) is 0 Å². The minimum Gasteiger partial charge on any atom is -0.456 e. The number of pyridine rings is 1. The molecule has 0 aliphatic heterocycles. The van der Waals surface area contributed by atoms with Crippen LogP contribution in [0.4, 0.5) is 17.1 Å². The molecule has 65 heavy (non-hydrogen) atoms. The molecule has 0 bridgehead atoms. The van der Waals surface area contributed by atoms with Crippen LogP contribution in [0.2, 0.25) is 0 Å². The van der Waals surface area contributed by atoms with Gasteiger partial charge in [0.05, 0.1) is 16.7 Å². The van der Waals surface area contributed by atoms with Gasteiger partial charge in [-0.3, -0.25) is 0 Å². The van der Waals surface area contributed by atoms with E-state index in [9.17, 15) is 0 Å². The Bertz CT molecular complexity index is 3900. The first-order chi connectivity index (χ1) is 32.2. The summed E-state index contributed by atoms with van der Waals surface area (Å²) in [5.41, 5.74) is 16.9. The fraction of sp³-hybridized carbons (Fsp3) is 0. The van der Waals surface area contributed by atoms with Crippen molar-refractivity contribution in [1.82, 2.24) is 4.40 Å². The van der Waals surface area contributed by atoms with Gasteiger partial charge in [0, 0.05) is 50.2 Å². The van der Waals surface area contributed by atoms with Crippen LogP contribution in [0.25, 0.3) is 105 Å². The van der Waals surface area contributed by atoms with E-state index < -0.39 is 0 Å². The zero-order chi connectivity index (χ0) is 42.8. The van der Waals surface area contributed by atoms with Crippen molar-refractivity contribution in [3.05, 3.63) is 243 Å². The molecule has 13 rings (SSSR count). The molecular formula is C62H40N2O. The van der Waals surface area contributed by atoms with Gasteiger partial charge in [-0.1, -0.05) is 182 Å². The van der Waals surface area contributed by atoms with Crippen LogP contribution in [0.15, 0.2) is 247 Å². The van der Waals surface area contributed by atoms with Crippen molar-refractivity contribution in [3.8, 4) is 44.6 Å². The first-order valence-electron chi connectivity index (χ1n) is 22.2. The van der Waals surface area contributed by atoms with Crippen molar-refractivity contribution in [2.45, 2.75) is 0 Å². The molecule has 0 saturated carbocycles. The van der Waals surface area contributed by atoms with Gasteiger partial charge in [-0.15, -0.1) is 0 Å². The molecule has 10 aromatic carbocycles. The largest absolute Gasteiger partial charge is 0.456 e. The number of benzene rings is 10. The number of hydrogen-bond acceptors (Lipinski definition) is 2. The van der Waals surface area contributed by atoms with E-state index in [1.807, 2.05) is 0 Å². The van der Waals surface area contributed by atoms with Crippen molar-refractivity contribution in [2.24, 2.45) is 0 Å². The van der Waals surface area contributed by atoms with Gasteiger partial charge in [-0.05, 0) is 104 Å². The highest BCUT2D eigenvalue weighted by Crippen LogP contribution is 2.44. The molecule has 0 unspecified atom stereocenters. The number of rotatable bonds is 7. The average Bonchev–Trinajstić information content (AvgIpc) is 3.94. The predicted octanol–water partition coefficient (Wildman–Crippen LogP) is 17.4. The molecule has 0 radical (unpaired) electrons. The maximum absolute atomic E-state index is 6.58. The number of nitrogens with zero attached hydrogens (tertiary/aromatic N) is 2. The summed E-state index contributed by atoms with van der Waals surface area (Å²) in [7, 11) is 0. The second-order valence-electron chi connectivity index (χ2n) is 16.9. The van der Waals surface area contributed by atoms with Crippen LogP contribution in [-0.4, -0.2) is 4.40 Å². The van der Waals surface area contributed by atoms with Gasteiger partial charge in [0.2, 0.25) is 0 Å². The smallest absolute Gasteiger partial charge is 0.137 e. The average molecular weight is 829 g/mol.